The number of hydrogen-bond acceptors (Lipinski definition) is 3. The van der Waals surface area contributed by atoms with Crippen LogP contribution in [0.3, 0.4) is 0 Å². The summed E-state index contributed by atoms with van der Waals surface area (Å²) in [4.78, 5) is 0. The van der Waals surface area contributed by atoms with E-state index < -0.39 is 0 Å². The molecule has 0 amide bonds. The second-order valence-electron chi connectivity index (χ2n) is 7.05. The van der Waals surface area contributed by atoms with Crippen LogP contribution in [0.2, 0.25) is 0 Å². The number of anilines is 2. The Kier molecular flexibility index (Phi) is 4.82. The van der Waals surface area contributed by atoms with E-state index in [1.54, 1.807) is 0 Å². The predicted molar refractivity (Wildman–Crippen MR) is 111 cm³/mol. The Hall–Kier alpha value is -2.85. The minimum Gasteiger partial charge on any atom is -0.371 e. The highest BCUT2D eigenvalue weighted by Gasteiger charge is 2.24. The summed E-state index contributed by atoms with van der Waals surface area (Å²) in [5.74, 6) is 0. The fraction of sp³-hybridized carbons (Fsp3) is 0.261. The largest absolute Gasteiger partial charge is 0.371 e. The second-order valence-corrected chi connectivity index (χ2v) is 7.05. The number of rotatable bonds is 6. The summed E-state index contributed by atoms with van der Waals surface area (Å²) in [5, 5.41) is 7.03. The lowest BCUT2D eigenvalue weighted by atomic mass is 10.1. The molecule has 4 rings (SSSR count). The van der Waals surface area contributed by atoms with Crippen molar-refractivity contribution in [2.75, 3.05) is 11.6 Å². The van der Waals surface area contributed by atoms with Gasteiger partial charge in [0.05, 0.1) is 36.3 Å². The molecular formula is C23H25N3O. The maximum Gasteiger partial charge on any atom is 0.0988 e. The summed E-state index contributed by atoms with van der Waals surface area (Å²) in [6.45, 7) is 8.20. The molecular weight excluding hydrogens is 334 g/mol. The Bertz CT molecular complexity index is 901. The first-order chi connectivity index (χ1) is 13.1. The van der Waals surface area contributed by atoms with Gasteiger partial charge in [0.25, 0.3) is 0 Å². The van der Waals surface area contributed by atoms with Crippen LogP contribution >= 0.6 is 0 Å². The van der Waals surface area contributed by atoms with Gasteiger partial charge in [0.1, 0.15) is 0 Å². The van der Waals surface area contributed by atoms with E-state index in [1.165, 1.54) is 16.8 Å². The van der Waals surface area contributed by atoms with Gasteiger partial charge in [0.15, 0.2) is 0 Å². The Morgan fingerprint density at radius 2 is 1.59 bits per heavy atom. The van der Waals surface area contributed by atoms with Crippen LogP contribution in [-0.2, 0) is 11.3 Å². The second kappa shape index (κ2) is 7.41. The van der Waals surface area contributed by atoms with Crippen LogP contribution in [0, 0.1) is 13.8 Å². The third-order valence-corrected chi connectivity index (χ3v) is 4.95. The van der Waals surface area contributed by atoms with Gasteiger partial charge in [-0.1, -0.05) is 36.4 Å². The van der Waals surface area contributed by atoms with Gasteiger partial charge in [0, 0.05) is 17.5 Å². The smallest absolute Gasteiger partial charge is 0.0988 e. The SMILES string of the molecule is C/C(=N\N(c1ccccc1)c1ccccc1)c1c(C)cn(CC2CO2)c1C. The summed E-state index contributed by atoms with van der Waals surface area (Å²) in [6, 6.07) is 20.5. The standard InChI is InChI=1S/C23H25N3O/c1-17-14-25(15-22-16-27-22)19(3)23(17)18(2)24-26(20-10-6-4-7-11-20)21-12-8-5-9-13-21/h4-14,22H,15-16H2,1-3H3/b24-18+. The molecule has 1 fully saturated rings. The zero-order valence-electron chi connectivity index (χ0n) is 16.1. The topological polar surface area (TPSA) is 33.1 Å². The van der Waals surface area contributed by atoms with E-state index in [0.717, 1.165) is 30.2 Å². The molecule has 2 aromatic carbocycles. The molecule has 2 heterocycles. The quantitative estimate of drug-likeness (QED) is 0.350. The molecule has 27 heavy (non-hydrogen) atoms. The van der Waals surface area contributed by atoms with Crippen molar-refractivity contribution in [2.45, 2.75) is 33.4 Å². The van der Waals surface area contributed by atoms with Crippen LogP contribution in [0.5, 0.6) is 0 Å². The zero-order chi connectivity index (χ0) is 18.8. The highest BCUT2D eigenvalue weighted by atomic mass is 16.6. The lowest BCUT2D eigenvalue weighted by molar-refractivity contribution is 0.381. The predicted octanol–water partition coefficient (Wildman–Crippen LogP) is 5.07. The Morgan fingerprint density at radius 1 is 1.04 bits per heavy atom. The van der Waals surface area contributed by atoms with E-state index in [2.05, 4.69) is 55.8 Å². The maximum absolute atomic E-state index is 5.40. The number of ether oxygens (including phenoxy) is 1. The van der Waals surface area contributed by atoms with Crippen molar-refractivity contribution < 1.29 is 4.74 Å². The number of epoxide rings is 1. The van der Waals surface area contributed by atoms with Crippen molar-refractivity contribution in [1.29, 1.82) is 0 Å². The lowest BCUT2D eigenvalue weighted by Crippen LogP contribution is -2.13. The van der Waals surface area contributed by atoms with Gasteiger partial charge < -0.3 is 9.30 Å². The molecule has 3 aromatic rings. The van der Waals surface area contributed by atoms with Gasteiger partial charge in [-0.2, -0.15) is 5.10 Å². The van der Waals surface area contributed by atoms with Crippen LogP contribution in [0.15, 0.2) is 72.0 Å². The zero-order valence-corrected chi connectivity index (χ0v) is 16.1. The van der Waals surface area contributed by atoms with Crippen molar-refractivity contribution >= 4 is 17.1 Å². The molecule has 1 aromatic heterocycles. The first kappa shape index (κ1) is 17.6. The Balaban J connectivity index is 1.73. The van der Waals surface area contributed by atoms with E-state index in [1.807, 2.05) is 41.4 Å². The molecule has 1 atom stereocenters. The van der Waals surface area contributed by atoms with Gasteiger partial charge in [-0.05, 0) is 50.6 Å². The minimum absolute atomic E-state index is 0.366. The average molecular weight is 359 g/mol. The first-order valence-electron chi connectivity index (χ1n) is 9.37. The summed E-state index contributed by atoms with van der Waals surface area (Å²) in [6.07, 6.45) is 2.58. The van der Waals surface area contributed by atoms with Gasteiger partial charge in [-0.25, -0.2) is 5.01 Å². The highest BCUT2D eigenvalue weighted by molar-refractivity contribution is 6.02. The number of benzene rings is 2. The molecule has 0 N–H and O–H groups in total. The van der Waals surface area contributed by atoms with E-state index in [0.29, 0.717) is 6.10 Å². The van der Waals surface area contributed by atoms with Crippen LogP contribution < -0.4 is 5.01 Å². The van der Waals surface area contributed by atoms with Crippen molar-refractivity contribution in [3.63, 3.8) is 0 Å². The Morgan fingerprint density at radius 3 is 2.11 bits per heavy atom. The molecule has 138 valence electrons. The van der Waals surface area contributed by atoms with Gasteiger partial charge >= 0.3 is 0 Å². The highest BCUT2D eigenvalue weighted by Crippen LogP contribution is 2.27. The third-order valence-electron chi connectivity index (χ3n) is 4.95. The summed E-state index contributed by atoms with van der Waals surface area (Å²) >= 11 is 0. The number of hydrogen-bond donors (Lipinski definition) is 0. The van der Waals surface area contributed by atoms with Crippen LogP contribution in [-0.4, -0.2) is 23.0 Å². The van der Waals surface area contributed by atoms with Crippen molar-refractivity contribution in [1.82, 2.24) is 4.57 Å². The monoisotopic (exact) mass is 359 g/mol. The number of aromatic nitrogens is 1. The minimum atomic E-state index is 0.366. The van der Waals surface area contributed by atoms with Gasteiger partial charge in [0.2, 0.25) is 0 Å². The third kappa shape index (κ3) is 3.81. The molecule has 1 saturated heterocycles. The van der Waals surface area contributed by atoms with Crippen LogP contribution in [0.4, 0.5) is 11.4 Å². The van der Waals surface area contributed by atoms with Crippen molar-refractivity contribution in [3.05, 3.63) is 83.7 Å². The number of hydrazone groups is 1. The molecule has 0 aliphatic carbocycles. The van der Waals surface area contributed by atoms with Crippen LogP contribution in [0.1, 0.15) is 23.7 Å². The summed E-state index contributed by atoms with van der Waals surface area (Å²) < 4.78 is 7.69. The number of aryl methyl sites for hydroxylation is 1. The lowest BCUT2D eigenvalue weighted by Gasteiger charge is -2.21. The first-order valence-corrected chi connectivity index (χ1v) is 9.37. The summed E-state index contributed by atoms with van der Waals surface area (Å²) in [7, 11) is 0. The Labute approximate surface area is 160 Å². The van der Waals surface area contributed by atoms with Crippen LogP contribution in [0.25, 0.3) is 0 Å². The van der Waals surface area contributed by atoms with E-state index in [4.69, 9.17) is 9.84 Å². The molecule has 0 spiro atoms. The van der Waals surface area contributed by atoms with E-state index in [-0.39, 0.29) is 0 Å². The molecule has 0 bridgehead atoms. The number of para-hydroxylation sites is 2. The molecule has 0 saturated carbocycles. The molecule has 1 aliphatic heterocycles. The molecule has 1 aliphatic rings. The molecule has 1 unspecified atom stereocenters. The molecule has 4 heteroatoms. The van der Waals surface area contributed by atoms with Gasteiger partial charge in [-0.3, -0.25) is 0 Å². The van der Waals surface area contributed by atoms with Crippen molar-refractivity contribution in [3.8, 4) is 0 Å². The maximum atomic E-state index is 5.40. The average Bonchev–Trinajstić information content (AvgIpc) is 3.46. The fourth-order valence-electron chi connectivity index (χ4n) is 3.56. The fourth-order valence-corrected chi connectivity index (χ4v) is 3.56. The van der Waals surface area contributed by atoms with E-state index in [9.17, 15) is 0 Å². The molecule has 0 radical (unpaired) electrons. The molecule has 4 nitrogen and oxygen atoms in total. The number of nitrogens with zero attached hydrogens (tertiary/aromatic N) is 3. The summed E-state index contributed by atoms with van der Waals surface area (Å²) in [5.41, 5.74) is 6.80. The normalized spacial score (nSPS) is 16.4. The van der Waals surface area contributed by atoms with Gasteiger partial charge in [-0.15, -0.1) is 0 Å². The van der Waals surface area contributed by atoms with E-state index >= 15 is 0 Å². The van der Waals surface area contributed by atoms with Crippen molar-refractivity contribution in [2.24, 2.45) is 5.10 Å².